The van der Waals surface area contributed by atoms with Gasteiger partial charge in [-0.25, -0.2) is 9.48 Å². The number of hydrogen-bond acceptors (Lipinski definition) is 3. The highest BCUT2D eigenvalue weighted by Crippen LogP contribution is 2.19. The lowest BCUT2D eigenvalue weighted by Crippen LogP contribution is -2.03. The van der Waals surface area contributed by atoms with Crippen molar-refractivity contribution in [1.29, 1.82) is 0 Å². The van der Waals surface area contributed by atoms with E-state index >= 15 is 0 Å². The van der Waals surface area contributed by atoms with Crippen molar-refractivity contribution in [2.45, 2.75) is 6.54 Å². The van der Waals surface area contributed by atoms with E-state index in [2.05, 4.69) is 10.3 Å². The number of carboxylic acid groups (broad SMARTS) is 1. The van der Waals surface area contributed by atoms with Gasteiger partial charge in [-0.15, -0.1) is 5.10 Å². The lowest BCUT2D eigenvalue weighted by atomic mass is 10.2. The summed E-state index contributed by atoms with van der Waals surface area (Å²) in [6.07, 6.45) is 0. The van der Waals surface area contributed by atoms with E-state index in [1.165, 1.54) is 4.68 Å². The number of benzene rings is 1. The maximum absolute atomic E-state index is 10.7. The molecule has 0 amide bonds. The standard InChI is InChI=1S/C10H7Cl2N3O2/c11-7-4-2-1-3-6(7)5-15-9(12)8(10(16)17)13-14-15/h1-4H,5H2,(H,16,17). The molecule has 17 heavy (non-hydrogen) atoms. The molecule has 0 spiro atoms. The van der Waals surface area contributed by atoms with Crippen LogP contribution in [-0.2, 0) is 6.54 Å². The molecule has 1 heterocycles. The number of aromatic nitrogens is 3. The van der Waals surface area contributed by atoms with Gasteiger partial charge in [-0.1, -0.05) is 46.6 Å². The fourth-order valence-corrected chi connectivity index (χ4v) is 1.73. The van der Waals surface area contributed by atoms with Crippen LogP contribution in [0.1, 0.15) is 16.1 Å². The molecule has 0 aliphatic heterocycles. The van der Waals surface area contributed by atoms with Gasteiger partial charge in [0, 0.05) is 5.02 Å². The Hall–Kier alpha value is -1.59. The Kier molecular flexibility index (Phi) is 3.31. The summed E-state index contributed by atoms with van der Waals surface area (Å²) in [6, 6.07) is 7.17. The number of aromatic carboxylic acids is 1. The summed E-state index contributed by atoms with van der Waals surface area (Å²) in [6.45, 7) is 0.277. The molecule has 0 bridgehead atoms. The molecule has 1 N–H and O–H groups in total. The predicted octanol–water partition coefficient (Wildman–Crippen LogP) is 2.33. The normalized spacial score (nSPS) is 10.5. The van der Waals surface area contributed by atoms with Crippen LogP contribution in [-0.4, -0.2) is 26.1 Å². The third-order valence-corrected chi connectivity index (χ3v) is 2.90. The molecular weight excluding hydrogens is 265 g/mol. The molecule has 0 saturated heterocycles. The summed E-state index contributed by atoms with van der Waals surface area (Å²) >= 11 is 11.8. The summed E-state index contributed by atoms with van der Waals surface area (Å²) in [5.74, 6) is -1.21. The summed E-state index contributed by atoms with van der Waals surface area (Å²) in [4.78, 5) is 10.7. The minimum Gasteiger partial charge on any atom is -0.476 e. The zero-order valence-electron chi connectivity index (χ0n) is 8.47. The first-order valence-corrected chi connectivity index (χ1v) is 5.41. The third-order valence-electron chi connectivity index (χ3n) is 2.16. The van der Waals surface area contributed by atoms with Gasteiger partial charge in [0.25, 0.3) is 0 Å². The van der Waals surface area contributed by atoms with Crippen molar-refractivity contribution in [1.82, 2.24) is 15.0 Å². The molecule has 0 fully saturated rings. The second-order valence-electron chi connectivity index (χ2n) is 3.28. The van der Waals surface area contributed by atoms with Crippen molar-refractivity contribution in [2.75, 3.05) is 0 Å². The molecule has 0 saturated carbocycles. The molecule has 2 aromatic rings. The molecule has 1 aromatic heterocycles. The lowest BCUT2D eigenvalue weighted by molar-refractivity contribution is 0.0690. The van der Waals surface area contributed by atoms with E-state index in [1.54, 1.807) is 18.2 Å². The molecule has 1 aromatic carbocycles. The van der Waals surface area contributed by atoms with Crippen LogP contribution < -0.4 is 0 Å². The predicted molar refractivity (Wildman–Crippen MR) is 62.5 cm³/mol. The van der Waals surface area contributed by atoms with E-state index in [0.29, 0.717) is 5.02 Å². The molecule has 7 heteroatoms. The highest BCUT2D eigenvalue weighted by atomic mass is 35.5. The van der Waals surface area contributed by atoms with E-state index < -0.39 is 5.97 Å². The Morgan fingerprint density at radius 3 is 2.65 bits per heavy atom. The van der Waals surface area contributed by atoms with Gasteiger partial charge in [-0.3, -0.25) is 0 Å². The number of rotatable bonds is 3. The van der Waals surface area contributed by atoms with Crippen molar-refractivity contribution in [3.8, 4) is 0 Å². The van der Waals surface area contributed by atoms with Crippen LogP contribution in [0.4, 0.5) is 0 Å². The molecule has 0 aliphatic rings. The highest BCUT2D eigenvalue weighted by molar-refractivity contribution is 6.32. The summed E-state index contributed by atoms with van der Waals surface area (Å²) in [7, 11) is 0. The smallest absolute Gasteiger partial charge is 0.359 e. The minimum absolute atomic E-state index is 0.0163. The SMILES string of the molecule is O=C(O)c1nnn(Cc2ccccc2Cl)c1Cl. The van der Waals surface area contributed by atoms with Gasteiger partial charge in [0.05, 0.1) is 6.54 Å². The van der Waals surface area contributed by atoms with Gasteiger partial charge in [0.15, 0.2) is 5.15 Å². The van der Waals surface area contributed by atoms with Crippen molar-refractivity contribution < 1.29 is 9.90 Å². The van der Waals surface area contributed by atoms with E-state index in [4.69, 9.17) is 28.3 Å². The fourth-order valence-electron chi connectivity index (χ4n) is 1.32. The molecular formula is C10H7Cl2N3O2. The van der Waals surface area contributed by atoms with E-state index in [-0.39, 0.29) is 17.4 Å². The van der Waals surface area contributed by atoms with Crippen LogP contribution >= 0.6 is 23.2 Å². The summed E-state index contributed by atoms with van der Waals surface area (Å²) < 4.78 is 1.28. The third kappa shape index (κ3) is 2.40. The Bertz CT molecular complexity index is 568. The van der Waals surface area contributed by atoms with E-state index in [0.717, 1.165) is 5.56 Å². The molecule has 5 nitrogen and oxygen atoms in total. The quantitative estimate of drug-likeness (QED) is 0.931. The topological polar surface area (TPSA) is 68.0 Å². The number of nitrogens with zero attached hydrogens (tertiary/aromatic N) is 3. The fraction of sp³-hybridized carbons (Fsp3) is 0.100. The summed E-state index contributed by atoms with van der Waals surface area (Å²) in [5.41, 5.74) is 0.525. The van der Waals surface area contributed by atoms with Gasteiger partial charge >= 0.3 is 5.97 Å². The molecule has 88 valence electrons. The average Bonchev–Trinajstić information content (AvgIpc) is 2.64. The van der Waals surface area contributed by atoms with Crippen molar-refractivity contribution >= 4 is 29.2 Å². The summed E-state index contributed by atoms with van der Waals surface area (Å²) in [5, 5.41) is 16.5. The molecule has 0 unspecified atom stereocenters. The van der Waals surface area contributed by atoms with Crippen molar-refractivity contribution in [3.05, 3.63) is 45.7 Å². The maximum Gasteiger partial charge on any atom is 0.359 e. The largest absolute Gasteiger partial charge is 0.476 e. The second-order valence-corrected chi connectivity index (χ2v) is 4.05. The van der Waals surface area contributed by atoms with Crippen LogP contribution in [0.25, 0.3) is 0 Å². The average molecular weight is 272 g/mol. The monoisotopic (exact) mass is 271 g/mol. The van der Waals surface area contributed by atoms with Crippen LogP contribution in [0.5, 0.6) is 0 Å². The molecule has 0 atom stereocenters. The first-order chi connectivity index (χ1) is 8.09. The van der Waals surface area contributed by atoms with Gasteiger partial charge in [0.1, 0.15) is 0 Å². The highest BCUT2D eigenvalue weighted by Gasteiger charge is 2.17. The van der Waals surface area contributed by atoms with Crippen LogP contribution in [0.2, 0.25) is 10.2 Å². The number of halogens is 2. The number of carboxylic acids is 1. The molecule has 0 aliphatic carbocycles. The Morgan fingerprint density at radius 2 is 2.06 bits per heavy atom. The van der Waals surface area contributed by atoms with Crippen LogP contribution in [0, 0.1) is 0 Å². The van der Waals surface area contributed by atoms with Crippen molar-refractivity contribution in [2.24, 2.45) is 0 Å². The van der Waals surface area contributed by atoms with Gasteiger partial charge in [-0.2, -0.15) is 0 Å². The van der Waals surface area contributed by atoms with Crippen LogP contribution in [0.15, 0.2) is 24.3 Å². The molecule has 2 rings (SSSR count). The zero-order chi connectivity index (χ0) is 12.4. The van der Waals surface area contributed by atoms with Crippen molar-refractivity contribution in [3.63, 3.8) is 0 Å². The lowest BCUT2D eigenvalue weighted by Gasteiger charge is -2.04. The Labute approximate surface area is 107 Å². The van der Waals surface area contributed by atoms with E-state index in [1.807, 2.05) is 6.07 Å². The first-order valence-electron chi connectivity index (χ1n) is 4.65. The zero-order valence-corrected chi connectivity index (χ0v) is 9.98. The minimum atomic E-state index is -1.21. The first kappa shape index (κ1) is 11.9. The van der Waals surface area contributed by atoms with Gasteiger partial charge < -0.3 is 5.11 Å². The maximum atomic E-state index is 10.7. The Balaban J connectivity index is 2.31. The Morgan fingerprint density at radius 1 is 1.35 bits per heavy atom. The number of carbonyl (C=O) groups is 1. The molecule has 0 radical (unpaired) electrons. The van der Waals surface area contributed by atoms with Gasteiger partial charge in [0.2, 0.25) is 5.69 Å². The van der Waals surface area contributed by atoms with Gasteiger partial charge in [-0.05, 0) is 11.6 Å². The van der Waals surface area contributed by atoms with Crippen LogP contribution in [0.3, 0.4) is 0 Å². The van der Waals surface area contributed by atoms with E-state index in [9.17, 15) is 4.79 Å². The second kappa shape index (κ2) is 4.73. The number of hydrogen-bond donors (Lipinski definition) is 1.